The molecule has 0 aliphatic carbocycles. The maximum atomic E-state index is 9.93. The van der Waals surface area contributed by atoms with E-state index in [0.717, 1.165) is 25.7 Å². The Hall–Kier alpha value is -0.860. The molecule has 102 valence electrons. The average molecular weight is 249 g/mol. The van der Waals surface area contributed by atoms with Gasteiger partial charge in [0.2, 0.25) is 0 Å². The summed E-state index contributed by atoms with van der Waals surface area (Å²) in [6, 6.07) is 8.60. The lowest BCUT2D eigenvalue weighted by molar-refractivity contribution is 0.131. The summed E-state index contributed by atoms with van der Waals surface area (Å²) in [4.78, 5) is 0. The molecule has 0 fully saturated rings. The third-order valence-corrected chi connectivity index (χ3v) is 3.49. The van der Waals surface area contributed by atoms with E-state index >= 15 is 0 Å². The lowest BCUT2D eigenvalue weighted by atomic mass is 9.97. The maximum absolute atomic E-state index is 9.93. The van der Waals surface area contributed by atoms with Gasteiger partial charge in [0.1, 0.15) is 0 Å². The van der Waals surface area contributed by atoms with Crippen LogP contribution in [0, 0.1) is 0 Å². The second kappa shape index (κ2) is 7.55. The third kappa shape index (κ3) is 4.79. The Morgan fingerprint density at radius 1 is 1.11 bits per heavy atom. The molecule has 1 aromatic carbocycles. The van der Waals surface area contributed by atoms with Gasteiger partial charge in [-0.15, -0.1) is 0 Å². The second-order valence-corrected chi connectivity index (χ2v) is 5.45. The van der Waals surface area contributed by atoms with E-state index in [9.17, 15) is 5.11 Å². The van der Waals surface area contributed by atoms with E-state index in [1.807, 2.05) is 0 Å². The van der Waals surface area contributed by atoms with Crippen molar-refractivity contribution in [2.24, 2.45) is 5.73 Å². The molecular weight excluding hydrogens is 222 g/mol. The number of nitrogens with two attached hydrogens (primary N) is 1. The van der Waals surface area contributed by atoms with Crippen LogP contribution in [0.15, 0.2) is 24.3 Å². The van der Waals surface area contributed by atoms with Crippen LogP contribution in [0.3, 0.4) is 0 Å². The van der Waals surface area contributed by atoms with Crippen LogP contribution in [0.5, 0.6) is 0 Å². The van der Waals surface area contributed by atoms with E-state index in [-0.39, 0.29) is 12.1 Å². The van der Waals surface area contributed by atoms with E-state index in [1.54, 1.807) is 0 Å². The van der Waals surface area contributed by atoms with Crippen molar-refractivity contribution in [1.29, 1.82) is 0 Å². The molecule has 0 aliphatic heterocycles. The Morgan fingerprint density at radius 2 is 1.72 bits per heavy atom. The normalized spacial score (nSPS) is 14.8. The first-order chi connectivity index (χ1) is 8.54. The average Bonchev–Trinajstić information content (AvgIpc) is 2.36. The predicted octanol–water partition coefficient (Wildman–Crippen LogP) is 3.23. The fraction of sp³-hybridized carbons (Fsp3) is 0.625. The number of aliphatic hydroxyl groups is 1. The van der Waals surface area contributed by atoms with E-state index in [4.69, 9.17) is 5.73 Å². The number of aryl methyl sites for hydroxylation is 1. The van der Waals surface area contributed by atoms with E-state index in [2.05, 4.69) is 45.0 Å². The largest absolute Gasteiger partial charge is 0.392 e. The molecule has 0 bridgehead atoms. The molecule has 2 unspecified atom stereocenters. The Morgan fingerprint density at radius 3 is 2.22 bits per heavy atom. The van der Waals surface area contributed by atoms with Gasteiger partial charge in [0.05, 0.1) is 6.10 Å². The molecule has 0 aliphatic rings. The summed E-state index contributed by atoms with van der Waals surface area (Å²) < 4.78 is 0. The van der Waals surface area contributed by atoms with Gasteiger partial charge < -0.3 is 10.8 Å². The Kier molecular flexibility index (Phi) is 6.37. The number of rotatable bonds is 7. The monoisotopic (exact) mass is 249 g/mol. The van der Waals surface area contributed by atoms with Crippen molar-refractivity contribution < 1.29 is 5.11 Å². The quantitative estimate of drug-likeness (QED) is 0.779. The van der Waals surface area contributed by atoms with Crippen molar-refractivity contribution in [1.82, 2.24) is 0 Å². The molecule has 1 rings (SSSR count). The van der Waals surface area contributed by atoms with Gasteiger partial charge in [-0.3, -0.25) is 0 Å². The highest BCUT2D eigenvalue weighted by Crippen LogP contribution is 2.16. The van der Waals surface area contributed by atoms with Crippen LogP contribution in [0.4, 0.5) is 0 Å². The number of aliphatic hydroxyl groups excluding tert-OH is 1. The first kappa shape index (κ1) is 15.2. The molecule has 0 saturated heterocycles. The number of benzene rings is 1. The summed E-state index contributed by atoms with van der Waals surface area (Å²) in [6.07, 6.45) is 3.20. The van der Waals surface area contributed by atoms with Crippen molar-refractivity contribution in [2.45, 2.75) is 64.5 Å². The molecule has 0 amide bonds. The van der Waals surface area contributed by atoms with E-state index in [0.29, 0.717) is 5.92 Å². The summed E-state index contributed by atoms with van der Waals surface area (Å²) in [5.74, 6) is 0.572. The molecule has 0 saturated carbocycles. The van der Waals surface area contributed by atoms with Gasteiger partial charge in [0.15, 0.2) is 0 Å². The third-order valence-electron chi connectivity index (χ3n) is 3.49. The molecule has 2 heteroatoms. The summed E-state index contributed by atoms with van der Waals surface area (Å²) in [7, 11) is 0. The lowest BCUT2D eigenvalue weighted by Crippen LogP contribution is -2.34. The molecular formula is C16H27NO. The van der Waals surface area contributed by atoms with Crippen LogP contribution in [0.2, 0.25) is 0 Å². The number of hydrogen-bond donors (Lipinski definition) is 2. The van der Waals surface area contributed by atoms with Gasteiger partial charge in [-0.2, -0.15) is 0 Å². The van der Waals surface area contributed by atoms with Crippen molar-refractivity contribution in [3.05, 3.63) is 35.4 Å². The topological polar surface area (TPSA) is 46.2 Å². The van der Waals surface area contributed by atoms with Crippen molar-refractivity contribution >= 4 is 0 Å². The standard InChI is InChI=1S/C16H27NO/c1-4-5-15(17)16(18)11-8-13-6-9-14(10-7-13)12(2)3/h6-7,9-10,12,15-16,18H,4-5,8,11,17H2,1-3H3. The zero-order chi connectivity index (χ0) is 13.5. The Labute approximate surface area is 111 Å². The highest BCUT2D eigenvalue weighted by atomic mass is 16.3. The first-order valence-corrected chi connectivity index (χ1v) is 7.07. The van der Waals surface area contributed by atoms with E-state index < -0.39 is 0 Å². The molecule has 3 N–H and O–H groups in total. The van der Waals surface area contributed by atoms with E-state index in [1.165, 1.54) is 11.1 Å². The molecule has 1 aromatic rings. The smallest absolute Gasteiger partial charge is 0.0694 e. The molecule has 0 aromatic heterocycles. The van der Waals surface area contributed by atoms with Crippen molar-refractivity contribution in [3.63, 3.8) is 0 Å². The van der Waals surface area contributed by atoms with Crippen LogP contribution in [-0.2, 0) is 6.42 Å². The second-order valence-electron chi connectivity index (χ2n) is 5.45. The minimum Gasteiger partial charge on any atom is -0.392 e. The zero-order valence-electron chi connectivity index (χ0n) is 11.9. The zero-order valence-corrected chi connectivity index (χ0v) is 11.9. The Balaban J connectivity index is 2.43. The van der Waals surface area contributed by atoms with Crippen LogP contribution in [-0.4, -0.2) is 17.3 Å². The summed E-state index contributed by atoms with van der Waals surface area (Å²) in [5.41, 5.74) is 8.55. The predicted molar refractivity (Wildman–Crippen MR) is 77.7 cm³/mol. The van der Waals surface area contributed by atoms with Crippen LogP contribution >= 0.6 is 0 Å². The maximum Gasteiger partial charge on any atom is 0.0694 e. The molecule has 0 radical (unpaired) electrons. The minimum absolute atomic E-state index is 0.0788. The summed E-state index contributed by atoms with van der Waals surface area (Å²) >= 11 is 0. The molecule has 0 heterocycles. The highest BCUT2D eigenvalue weighted by molar-refractivity contribution is 5.24. The van der Waals surface area contributed by atoms with Gasteiger partial charge in [-0.05, 0) is 36.3 Å². The van der Waals surface area contributed by atoms with Crippen LogP contribution in [0.1, 0.15) is 57.1 Å². The summed E-state index contributed by atoms with van der Waals surface area (Å²) in [6.45, 7) is 6.49. The van der Waals surface area contributed by atoms with Gasteiger partial charge >= 0.3 is 0 Å². The van der Waals surface area contributed by atoms with Gasteiger partial charge in [-0.1, -0.05) is 51.5 Å². The van der Waals surface area contributed by atoms with Gasteiger partial charge in [0, 0.05) is 6.04 Å². The summed E-state index contributed by atoms with van der Waals surface area (Å²) in [5, 5.41) is 9.93. The fourth-order valence-corrected chi connectivity index (χ4v) is 2.12. The Bertz CT molecular complexity index is 331. The first-order valence-electron chi connectivity index (χ1n) is 7.07. The number of hydrogen-bond acceptors (Lipinski definition) is 2. The van der Waals surface area contributed by atoms with Gasteiger partial charge in [0.25, 0.3) is 0 Å². The van der Waals surface area contributed by atoms with Crippen molar-refractivity contribution in [3.8, 4) is 0 Å². The van der Waals surface area contributed by atoms with Crippen molar-refractivity contribution in [2.75, 3.05) is 0 Å². The molecule has 2 nitrogen and oxygen atoms in total. The van der Waals surface area contributed by atoms with Crippen LogP contribution in [0.25, 0.3) is 0 Å². The molecule has 18 heavy (non-hydrogen) atoms. The molecule has 0 spiro atoms. The molecule has 2 atom stereocenters. The fourth-order valence-electron chi connectivity index (χ4n) is 2.12. The lowest BCUT2D eigenvalue weighted by Gasteiger charge is -2.18. The SMILES string of the molecule is CCCC(N)C(O)CCc1ccc(C(C)C)cc1. The minimum atomic E-state index is -0.380. The highest BCUT2D eigenvalue weighted by Gasteiger charge is 2.13. The van der Waals surface area contributed by atoms with Crippen LogP contribution < -0.4 is 5.73 Å². The van der Waals surface area contributed by atoms with Gasteiger partial charge in [-0.25, -0.2) is 0 Å².